The van der Waals surface area contributed by atoms with Crippen molar-refractivity contribution in [3.8, 4) is 17.2 Å². The minimum atomic E-state index is -0.788. The summed E-state index contributed by atoms with van der Waals surface area (Å²) >= 11 is 4.58. The molecular weight excluding hydrogens is 548 g/mol. The number of hydrogen-bond donors (Lipinski definition) is 1. The number of carbonyl (C=O) groups is 1. The molecule has 188 valence electrons. The summed E-state index contributed by atoms with van der Waals surface area (Å²) in [6.45, 7) is 5.91. The van der Waals surface area contributed by atoms with E-state index >= 15 is 0 Å². The summed E-state index contributed by atoms with van der Waals surface area (Å²) < 4.78 is 19.1. The second kappa shape index (κ2) is 10.7. The zero-order valence-electron chi connectivity index (χ0n) is 20.2. The van der Waals surface area contributed by atoms with Crippen molar-refractivity contribution in [2.75, 3.05) is 20.3 Å². The molecule has 0 saturated heterocycles. The van der Waals surface area contributed by atoms with Gasteiger partial charge in [0.2, 0.25) is 0 Å². The van der Waals surface area contributed by atoms with Gasteiger partial charge >= 0.3 is 5.97 Å². The van der Waals surface area contributed by atoms with E-state index < -0.39 is 12.0 Å². The average molecular weight is 573 g/mol. The Balaban J connectivity index is 1.98. The first-order chi connectivity index (χ1) is 17.3. The molecule has 0 amide bonds. The molecule has 3 aromatic rings. The molecule has 0 bridgehead atoms. The molecule has 1 aliphatic rings. The number of rotatable bonds is 7. The number of esters is 1. The number of carbonyl (C=O) groups excluding carboxylic acids is 1. The van der Waals surface area contributed by atoms with E-state index in [-0.39, 0.29) is 23.5 Å². The maximum absolute atomic E-state index is 13.7. The van der Waals surface area contributed by atoms with Crippen molar-refractivity contribution in [1.82, 2.24) is 4.57 Å². The molecule has 0 radical (unpaired) electrons. The van der Waals surface area contributed by atoms with Gasteiger partial charge in [-0.1, -0.05) is 33.3 Å². The molecule has 2 aromatic carbocycles. The smallest absolute Gasteiger partial charge is 0.338 e. The molecule has 10 heteroatoms. The summed E-state index contributed by atoms with van der Waals surface area (Å²) in [5, 5.41) is 10.3. The molecular formula is C26H25BrN2O6S. The Morgan fingerprint density at radius 3 is 2.67 bits per heavy atom. The predicted octanol–water partition coefficient (Wildman–Crippen LogP) is 3.67. The van der Waals surface area contributed by atoms with Gasteiger partial charge in [0.1, 0.15) is 5.75 Å². The normalized spacial score (nSPS) is 15.4. The number of phenolic OH excluding ortho intramolecular Hbond substituents is 1. The maximum Gasteiger partial charge on any atom is 0.338 e. The van der Waals surface area contributed by atoms with Gasteiger partial charge in [-0.25, -0.2) is 9.79 Å². The first-order valence-electron chi connectivity index (χ1n) is 11.3. The number of fused-ring (bicyclic) bond motifs is 1. The second-order valence-corrected chi connectivity index (χ2v) is 9.77. The van der Waals surface area contributed by atoms with E-state index in [1.165, 1.54) is 15.9 Å². The lowest BCUT2D eigenvalue weighted by Gasteiger charge is -2.25. The molecule has 1 aromatic heterocycles. The monoisotopic (exact) mass is 572 g/mol. The highest BCUT2D eigenvalue weighted by Gasteiger charge is 2.34. The molecule has 1 N–H and O–H groups in total. The summed E-state index contributed by atoms with van der Waals surface area (Å²) in [5.41, 5.74) is 1.52. The summed E-state index contributed by atoms with van der Waals surface area (Å²) in [6, 6.07) is 9.49. The van der Waals surface area contributed by atoms with Gasteiger partial charge in [-0.2, -0.15) is 0 Å². The van der Waals surface area contributed by atoms with E-state index in [9.17, 15) is 14.7 Å². The first kappa shape index (κ1) is 25.7. The van der Waals surface area contributed by atoms with Crippen LogP contribution in [-0.2, 0) is 9.53 Å². The van der Waals surface area contributed by atoms with Crippen LogP contribution in [0.5, 0.6) is 17.2 Å². The Bertz CT molecular complexity index is 1540. The third-order valence-electron chi connectivity index (χ3n) is 5.60. The molecule has 0 aliphatic carbocycles. The number of hydrogen-bond acceptors (Lipinski definition) is 8. The van der Waals surface area contributed by atoms with Gasteiger partial charge in [0.05, 0.1) is 42.2 Å². The van der Waals surface area contributed by atoms with Gasteiger partial charge in [0, 0.05) is 10.0 Å². The molecule has 1 atom stereocenters. The summed E-state index contributed by atoms with van der Waals surface area (Å²) in [7, 11) is 1.55. The lowest BCUT2D eigenvalue weighted by Crippen LogP contribution is -2.40. The van der Waals surface area contributed by atoms with Crippen LogP contribution in [0.2, 0.25) is 0 Å². The topological polar surface area (TPSA) is 99.4 Å². The van der Waals surface area contributed by atoms with Crippen LogP contribution < -0.4 is 24.4 Å². The van der Waals surface area contributed by atoms with Crippen LogP contribution in [0.3, 0.4) is 0 Å². The molecule has 0 unspecified atom stereocenters. The van der Waals surface area contributed by atoms with Crippen molar-refractivity contribution >= 4 is 39.3 Å². The molecule has 0 spiro atoms. The second-order valence-electron chi connectivity index (χ2n) is 7.85. The molecule has 36 heavy (non-hydrogen) atoms. The SMILES string of the molecule is CCOC(=O)C1=C(C)N=c2s/c(=C\c3cc(Br)ccc3O)c(=O)n2[C@H]1c1ccc(OC)c(OCC)c1. The van der Waals surface area contributed by atoms with Gasteiger partial charge < -0.3 is 19.3 Å². The number of methoxy groups -OCH3 is 1. The van der Waals surface area contributed by atoms with Crippen molar-refractivity contribution in [3.63, 3.8) is 0 Å². The Kier molecular flexibility index (Phi) is 7.65. The number of halogens is 1. The molecule has 4 rings (SSSR count). The van der Waals surface area contributed by atoms with Crippen LogP contribution >= 0.6 is 27.3 Å². The third-order valence-corrected chi connectivity index (χ3v) is 7.07. The van der Waals surface area contributed by atoms with Crippen LogP contribution in [0, 0.1) is 0 Å². The quantitative estimate of drug-likeness (QED) is 0.434. The Labute approximate surface area is 219 Å². The Hall–Kier alpha value is -3.37. The van der Waals surface area contributed by atoms with Gasteiger partial charge in [-0.05, 0) is 62.7 Å². The number of aromatic nitrogens is 1. The van der Waals surface area contributed by atoms with E-state index in [1.807, 2.05) is 6.92 Å². The van der Waals surface area contributed by atoms with Gasteiger partial charge in [0.25, 0.3) is 5.56 Å². The lowest BCUT2D eigenvalue weighted by molar-refractivity contribution is -0.139. The van der Waals surface area contributed by atoms with Gasteiger partial charge in [-0.15, -0.1) is 0 Å². The molecule has 2 heterocycles. The number of nitrogens with zero attached hydrogens (tertiary/aromatic N) is 2. The zero-order chi connectivity index (χ0) is 26.0. The molecule has 0 saturated carbocycles. The highest BCUT2D eigenvalue weighted by atomic mass is 79.9. The van der Waals surface area contributed by atoms with Crippen LogP contribution in [0.25, 0.3) is 6.08 Å². The fraction of sp³-hybridized carbons (Fsp3) is 0.269. The lowest BCUT2D eigenvalue weighted by atomic mass is 9.95. The fourth-order valence-electron chi connectivity index (χ4n) is 4.02. The van der Waals surface area contributed by atoms with Gasteiger partial charge in [0.15, 0.2) is 16.3 Å². The summed E-state index contributed by atoms with van der Waals surface area (Å²) in [4.78, 5) is 31.8. The van der Waals surface area contributed by atoms with Crippen LogP contribution in [0.1, 0.15) is 37.9 Å². The third kappa shape index (κ3) is 4.83. The van der Waals surface area contributed by atoms with E-state index in [0.717, 1.165) is 4.47 Å². The largest absolute Gasteiger partial charge is 0.507 e. The van der Waals surface area contributed by atoms with Crippen LogP contribution in [-0.4, -0.2) is 36.0 Å². The molecule has 0 fully saturated rings. The number of aromatic hydroxyl groups is 1. The number of benzene rings is 2. The fourth-order valence-corrected chi connectivity index (χ4v) is 5.44. The molecule has 1 aliphatic heterocycles. The van der Waals surface area contributed by atoms with E-state index in [0.29, 0.717) is 44.3 Å². The van der Waals surface area contributed by atoms with E-state index in [4.69, 9.17) is 14.2 Å². The van der Waals surface area contributed by atoms with E-state index in [2.05, 4.69) is 20.9 Å². The van der Waals surface area contributed by atoms with Crippen molar-refractivity contribution in [2.45, 2.75) is 26.8 Å². The number of allylic oxidation sites excluding steroid dienone is 1. The minimum absolute atomic E-state index is 0.0421. The standard InChI is InChI=1S/C26H25BrN2O6S/c1-5-34-20-12-15(7-10-19(20)33-4)23-22(25(32)35-6-2)14(3)28-26-29(23)24(31)21(36-26)13-16-11-17(27)8-9-18(16)30/h7-13,23,30H,5-6H2,1-4H3/b21-13-/t23-/m0/s1. The van der Waals surface area contributed by atoms with Crippen molar-refractivity contribution < 1.29 is 24.1 Å². The van der Waals surface area contributed by atoms with Crippen molar-refractivity contribution in [3.05, 3.63) is 83.0 Å². The molecule has 8 nitrogen and oxygen atoms in total. The zero-order valence-corrected chi connectivity index (χ0v) is 22.6. The number of phenols is 1. The van der Waals surface area contributed by atoms with Crippen molar-refractivity contribution in [2.24, 2.45) is 4.99 Å². The minimum Gasteiger partial charge on any atom is -0.507 e. The Morgan fingerprint density at radius 1 is 1.19 bits per heavy atom. The number of ether oxygens (including phenoxy) is 3. The summed E-state index contributed by atoms with van der Waals surface area (Å²) in [5.74, 6) is 0.532. The number of thiazole rings is 1. The highest BCUT2D eigenvalue weighted by Crippen LogP contribution is 2.36. The average Bonchev–Trinajstić information content (AvgIpc) is 3.15. The van der Waals surface area contributed by atoms with Crippen LogP contribution in [0.15, 0.2) is 61.9 Å². The predicted molar refractivity (Wildman–Crippen MR) is 140 cm³/mol. The van der Waals surface area contributed by atoms with E-state index in [1.54, 1.807) is 63.4 Å². The summed E-state index contributed by atoms with van der Waals surface area (Å²) in [6.07, 6.45) is 1.62. The van der Waals surface area contributed by atoms with Crippen LogP contribution in [0.4, 0.5) is 0 Å². The van der Waals surface area contributed by atoms with Crippen molar-refractivity contribution in [1.29, 1.82) is 0 Å². The highest BCUT2D eigenvalue weighted by molar-refractivity contribution is 9.10. The Morgan fingerprint density at radius 2 is 1.97 bits per heavy atom. The maximum atomic E-state index is 13.7. The first-order valence-corrected chi connectivity index (χ1v) is 12.9. The van der Waals surface area contributed by atoms with Gasteiger partial charge in [-0.3, -0.25) is 9.36 Å².